The second kappa shape index (κ2) is 5.65. The molecule has 2 aromatic heterocycles. The van der Waals surface area contributed by atoms with Gasteiger partial charge in [-0.2, -0.15) is 0 Å². The van der Waals surface area contributed by atoms with Crippen LogP contribution in [0.2, 0.25) is 0 Å². The molecule has 118 valence electrons. The summed E-state index contributed by atoms with van der Waals surface area (Å²) in [6.07, 6.45) is 1.49. The Morgan fingerprint density at radius 3 is 2.67 bits per heavy atom. The number of thiazole rings is 1. The highest BCUT2D eigenvalue weighted by atomic mass is 32.1. The number of carbonyl (C=O) groups is 1. The molecular weight excluding hydrogens is 320 g/mol. The lowest BCUT2D eigenvalue weighted by molar-refractivity contribution is 0.102. The smallest absolute Gasteiger partial charge is 0.277 e. The van der Waals surface area contributed by atoms with Crippen molar-refractivity contribution in [3.05, 3.63) is 59.4 Å². The fourth-order valence-corrected chi connectivity index (χ4v) is 3.43. The Bertz CT molecular complexity index is 1090. The van der Waals surface area contributed by atoms with E-state index in [1.54, 1.807) is 0 Å². The number of nitrogens with one attached hydrogen (secondary N) is 1. The maximum Gasteiger partial charge on any atom is 0.277 e. The van der Waals surface area contributed by atoms with Crippen molar-refractivity contribution in [1.82, 2.24) is 15.0 Å². The zero-order valence-electron chi connectivity index (χ0n) is 13.2. The van der Waals surface area contributed by atoms with Crippen molar-refractivity contribution in [2.75, 3.05) is 5.32 Å². The van der Waals surface area contributed by atoms with Gasteiger partial charge in [0.25, 0.3) is 5.91 Å². The van der Waals surface area contributed by atoms with Crippen molar-refractivity contribution in [3.8, 4) is 0 Å². The van der Waals surface area contributed by atoms with E-state index in [2.05, 4.69) is 33.3 Å². The summed E-state index contributed by atoms with van der Waals surface area (Å²) >= 11 is 1.46. The normalized spacial score (nSPS) is 11.1. The molecule has 5 nitrogen and oxygen atoms in total. The Kier molecular flexibility index (Phi) is 3.46. The highest BCUT2D eigenvalue weighted by Crippen LogP contribution is 2.29. The molecule has 0 aliphatic rings. The SMILES string of the molecule is Cc1ccc2sc(NC(=O)c3cnc4ccccc4n3)nc2c1C. The van der Waals surface area contributed by atoms with Crippen LogP contribution in [0.5, 0.6) is 0 Å². The largest absolute Gasteiger partial charge is 0.296 e. The van der Waals surface area contributed by atoms with Crippen LogP contribution in [0.15, 0.2) is 42.6 Å². The zero-order chi connectivity index (χ0) is 16.7. The van der Waals surface area contributed by atoms with Gasteiger partial charge in [-0.05, 0) is 43.2 Å². The first-order chi connectivity index (χ1) is 11.6. The Morgan fingerprint density at radius 1 is 1.04 bits per heavy atom. The minimum Gasteiger partial charge on any atom is -0.296 e. The molecule has 4 aromatic rings. The minimum absolute atomic E-state index is 0.279. The lowest BCUT2D eigenvalue weighted by Gasteiger charge is -2.02. The second-order valence-electron chi connectivity index (χ2n) is 5.57. The summed E-state index contributed by atoms with van der Waals surface area (Å²) in [5.74, 6) is -0.304. The standard InChI is InChI=1S/C18H14N4OS/c1-10-7-8-15-16(11(10)2)21-18(24-15)22-17(23)14-9-19-12-5-3-4-6-13(12)20-14/h3-9H,1-2H3,(H,21,22,23). The average Bonchev–Trinajstić information content (AvgIpc) is 3.01. The van der Waals surface area contributed by atoms with Gasteiger partial charge in [-0.3, -0.25) is 15.1 Å². The average molecular weight is 334 g/mol. The van der Waals surface area contributed by atoms with Crippen LogP contribution < -0.4 is 5.32 Å². The number of nitrogens with zero attached hydrogens (tertiary/aromatic N) is 3. The van der Waals surface area contributed by atoms with Crippen molar-refractivity contribution in [2.24, 2.45) is 0 Å². The summed E-state index contributed by atoms with van der Waals surface area (Å²) in [5, 5.41) is 3.39. The van der Waals surface area contributed by atoms with Crippen molar-refractivity contribution < 1.29 is 4.79 Å². The molecular formula is C18H14N4OS. The molecule has 0 aliphatic heterocycles. The quantitative estimate of drug-likeness (QED) is 0.599. The van der Waals surface area contributed by atoms with Crippen molar-refractivity contribution >= 4 is 43.6 Å². The molecule has 6 heteroatoms. The van der Waals surface area contributed by atoms with E-state index >= 15 is 0 Å². The molecule has 0 saturated carbocycles. The molecule has 1 amide bonds. The van der Waals surface area contributed by atoms with E-state index in [0.29, 0.717) is 10.6 Å². The topological polar surface area (TPSA) is 67.8 Å². The van der Waals surface area contributed by atoms with Gasteiger partial charge in [0.05, 0.1) is 27.4 Å². The van der Waals surface area contributed by atoms with Crippen molar-refractivity contribution in [3.63, 3.8) is 0 Å². The van der Waals surface area contributed by atoms with Crippen LogP contribution in [0, 0.1) is 13.8 Å². The highest BCUT2D eigenvalue weighted by Gasteiger charge is 2.13. The number of hydrogen-bond donors (Lipinski definition) is 1. The van der Waals surface area contributed by atoms with E-state index in [4.69, 9.17) is 0 Å². The summed E-state index contributed by atoms with van der Waals surface area (Å²) in [6.45, 7) is 4.09. The molecule has 0 radical (unpaired) electrons. The van der Waals surface area contributed by atoms with Crippen LogP contribution in [0.1, 0.15) is 21.6 Å². The maximum atomic E-state index is 12.4. The zero-order valence-corrected chi connectivity index (χ0v) is 14.0. The first-order valence-electron chi connectivity index (χ1n) is 7.52. The third-order valence-electron chi connectivity index (χ3n) is 3.99. The van der Waals surface area contributed by atoms with Crippen LogP contribution in [0.4, 0.5) is 5.13 Å². The number of fused-ring (bicyclic) bond motifs is 2. The minimum atomic E-state index is -0.304. The van der Waals surface area contributed by atoms with Gasteiger partial charge in [-0.15, -0.1) is 0 Å². The van der Waals surface area contributed by atoms with Crippen LogP contribution >= 0.6 is 11.3 Å². The summed E-state index contributed by atoms with van der Waals surface area (Å²) in [6, 6.07) is 11.6. The number of hydrogen-bond acceptors (Lipinski definition) is 5. The monoisotopic (exact) mass is 334 g/mol. The van der Waals surface area contributed by atoms with E-state index in [-0.39, 0.29) is 11.6 Å². The summed E-state index contributed by atoms with van der Waals surface area (Å²) in [7, 11) is 0. The van der Waals surface area contributed by atoms with Crippen LogP contribution in [0.3, 0.4) is 0 Å². The number of aryl methyl sites for hydroxylation is 2. The predicted molar refractivity (Wildman–Crippen MR) is 96.6 cm³/mol. The van der Waals surface area contributed by atoms with Gasteiger partial charge in [-0.1, -0.05) is 29.5 Å². The van der Waals surface area contributed by atoms with Gasteiger partial charge in [0.15, 0.2) is 5.13 Å². The van der Waals surface area contributed by atoms with E-state index < -0.39 is 0 Å². The Morgan fingerprint density at radius 2 is 1.83 bits per heavy atom. The number of para-hydroxylation sites is 2. The summed E-state index contributed by atoms with van der Waals surface area (Å²) in [5.41, 5.74) is 4.99. The van der Waals surface area contributed by atoms with Gasteiger partial charge < -0.3 is 0 Å². The predicted octanol–water partition coefficient (Wildman–Crippen LogP) is 4.11. The van der Waals surface area contributed by atoms with Crippen molar-refractivity contribution in [1.29, 1.82) is 0 Å². The molecule has 0 aliphatic carbocycles. The number of aromatic nitrogens is 3. The summed E-state index contributed by atoms with van der Waals surface area (Å²) in [4.78, 5) is 25.6. The van der Waals surface area contributed by atoms with Crippen LogP contribution in [0.25, 0.3) is 21.3 Å². The molecule has 1 N–H and O–H groups in total. The van der Waals surface area contributed by atoms with Gasteiger partial charge in [-0.25, -0.2) is 9.97 Å². The second-order valence-corrected chi connectivity index (χ2v) is 6.60. The molecule has 0 spiro atoms. The number of amides is 1. The Labute approximate surface area is 142 Å². The molecule has 0 unspecified atom stereocenters. The van der Waals surface area contributed by atoms with Gasteiger partial charge in [0.2, 0.25) is 0 Å². The first kappa shape index (κ1) is 14.7. The van der Waals surface area contributed by atoms with Crippen LogP contribution in [-0.2, 0) is 0 Å². The Hall–Kier alpha value is -2.86. The van der Waals surface area contributed by atoms with Gasteiger partial charge in [0.1, 0.15) is 5.69 Å². The lowest BCUT2D eigenvalue weighted by Crippen LogP contribution is -2.14. The third kappa shape index (κ3) is 2.51. The number of carbonyl (C=O) groups excluding carboxylic acids is 1. The lowest BCUT2D eigenvalue weighted by atomic mass is 10.1. The van der Waals surface area contributed by atoms with E-state index in [0.717, 1.165) is 21.3 Å². The van der Waals surface area contributed by atoms with E-state index in [9.17, 15) is 4.79 Å². The number of benzene rings is 2. The van der Waals surface area contributed by atoms with E-state index in [1.807, 2.05) is 37.3 Å². The summed E-state index contributed by atoms with van der Waals surface area (Å²) < 4.78 is 1.05. The highest BCUT2D eigenvalue weighted by molar-refractivity contribution is 7.22. The third-order valence-corrected chi connectivity index (χ3v) is 4.92. The molecule has 0 saturated heterocycles. The number of anilines is 1. The Balaban J connectivity index is 1.66. The molecule has 24 heavy (non-hydrogen) atoms. The fraction of sp³-hybridized carbons (Fsp3) is 0.111. The van der Waals surface area contributed by atoms with E-state index in [1.165, 1.54) is 23.1 Å². The molecule has 2 heterocycles. The molecule has 4 rings (SSSR count). The first-order valence-corrected chi connectivity index (χ1v) is 8.33. The van der Waals surface area contributed by atoms with Gasteiger partial charge in [0, 0.05) is 0 Å². The van der Waals surface area contributed by atoms with Gasteiger partial charge >= 0.3 is 0 Å². The molecule has 0 bridgehead atoms. The maximum absolute atomic E-state index is 12.4. The fourth-order valence-electron chi connectivity index (χ4n) is 2.51. The molecule has 0 fully saturated rings. The molecule has 0 atom stereocenters. The van der Waals surface area contributed by atoms with Crippen LogP contribution in [-0.4, -0.2) is 20.9 Å². The van der Waals surface area contributed by atoms with Crippen molar-refractivity contribution in [2.45, 2.75) is 13.8 Å². The molecule has 2 aromatic carbocycles. The number of rotatable bonds is 2.